The van der Waals surface area contributed by atoms with Crippen LogP contribution in [-0.2, 0) is 94.9 Å². The van der Waals surface area contributed by atoms with Crippen molar-refractivity contribution < 1.29 is 75.7 Å². The zero-order valence-corrected chi connectivity index (χ0v) is 64.9. The molecule has 1 atom stereocenters. The zero-order valence-electron chi connectivity index (χ0n) is 63.3. The minimum Gasteiger partial charge on any atom is -0.480 e. The van der Waals surface area contributed by atoms with Crippen molar-refractivity contribution in [2.45, 2.75) is 95.0 Å². The molecule has 0 bridgehead atoms. The molecule has 0 radical (unpaired) electrons. The van der Waals surface area contributed by atoms with E-state index in [9.17, 15) is 37.5 Å². The molecule has 11 N–H and O–H groups in total. The lowest BCUT2D eigenvalue weighted by Gasteiger charge is -2.33. The molecule has 9 amide bonds. The molecular weight excluding hydrogens is 1450 g/mol. The lowest BCUT2D eigenvalue weighted by Crippen LogP contribution is -2.53. The number of thioether (sulfide) groups is 1. The monoisotopic (exact) mass is 1560 g/mol. The van der Waals surface area contributed by atoms with E-state index in [0.29, 0.717) is 80.1 Å². The highest BCUT2D eigenvalue weighted by molar-refractivity contribution is 7.98. The highest BCUT2D eigenvalue weighted by Gasteiger charge is 2.33. The van der Waals surface area contributed by atoms with Gasteiger partial charge in [-0.15, -0.1) is 0 Å². The Labute approximate surface area is 649 Å². The Balaban J connectivity index is 1.33. The first-order chi connectivity index (χ1) is 53.0. The molecule has 5 aromatic rings. The van der Waals surface area contributed by atoms with Gasteiger partial charge in [-0.25, -0.2) is 18.4 Å². The molecule has 1 heterocycles. The van der Waals surface area contributed by atoms with Gasteiger partial charge < -0.3 is 81.0 Å². The van der Waals surface area contributed by atoms with E-state index >= 15 is 24.0 Å². The molecule has 110 heavy (non-hydrogen) atoms. The lowest BCUT2D eigenvalue weighted by molar-refractivity contribution is -0.149. The van der Waals surface area contributed by atoms with Gasteiger partial charge in [-0.3, -0.25) is 48.5 Å². The van der Waals surface area contributed by atoms with Gasteiger partial charge in [0.05, 0.1) is 64.0 Å². The highest BCUT2D eigenvalue weighted by atomic mass is 32.2. The van der Waals surface area contributed by atoms with Crippen molar-refractivity contribution in [1.29, 1.82) is 0 Å². The van der Waals surface area contributed by atoms with Gasteiger partial charge in [-0.2, -0.15) is 11.8 Å². The number of sulfonamides is 1. The number of amides is 9. The first kappa shape index (κ1) is 89.4. The summed E-state index contributed by atoms with van der Waals surface area (Å²) in [5, 5.41) is 20.8. The van der Waals surface area contributed by atoms with E-state index in [1.807, 2.05) is 97.9 Å². The van der Waals surface area contributed by atoms with Gasteiger partial charge in [-0.1, -0.05) is 109 Å². The van der Waals surface area contributed by atoms with Gasteiger partial charge in [0.15, 0.2) is 11.5 Å². The molecule has 1 unspecified atom stereocenters. The van der Waals surface area contributed by atoms with Crippen molar-refractivity contribution in [2.75, 3.05) is 156 Å². The number of rotatable bonds is 53. The Morgan fingerprint density at radius 3 is 1.23 bits per heavy atom. The van der Waals surface area contributed by atoms with Crippen LogP contribution >= 0.6 is 11.8 Å². The van der Waals surface area contributed by atoms with Crippen LogP contribution in [0.25, 0.3) is 0 Å². The largest absolute Gasteiger partial charge is 0.480 e. The number of unbranched alkanes of at least 4 members (excludes halogenated alkanes) is 3. The number of carboxylic acid groups (broad SMARTS) is 1. The molecular formula is C78H110N14O16S2. The van der Waals surface area contributed by atoms with Crippen LogP contribution in [0, 0.1) is 0 Å². The summed E-state index contributed by atoms with van der Waals surface area (Å²) >= 11 is 1.40. The molecule has 6 rings (SSSR count). The minimum absolute atomic E-state index is 0.00379. The Bertz CT molecular complexity index is 3840. The fraction of sp³-hybridized carbons (Fsp3) is 0.487. The van der Waals surface area contributed by atoms with Gasteiger partial charge >= 0.3 is 5.97 Å². The Kier molecular flexibility index (Phi) is 39.7. The molecule has 0 saturated carbocycles. The van der Waals surface area contributed by atoms with Crippen LogP contribution in [0.2, 0.25) is 0 Å². The Morgan fingerprint density at radius 2 is 0.836 bits per heavy atom. The van der Waals surface area contributed by atoms with Crippen LogP contribution in [0.4, 0.5) is 0 Å². The molecule has 0 spiro atoms. The van der Waals surface area contributed by atoms with E-state index in [0.717, 1.165) is 16.7 Å². The maximum absolute atomic E-state index is 15.4. The number of hydrogen-bond acceptors (Lipinski definition) is 20. The van der Waals surface area contributed by atoms with Crippen LogP contribution in [-0.4, -0.2) is 274 Å². The number of nitrogens with one attached hydrogen (secondary N) is 2. The van der Waals surface area contributed by atoms with Crippen LogP contribution in [0.5, 0.6) is 11.5 Å². The summed E-state index contributed by atoms with van der Waals surface area (Å²) < 4.78 is 41.1. The molecule has 30 nitrogen and oxygen atoms in total. The fourth-order valence-corrected chi connectivity index (χ4v) is 12.9. The smallest absolute Gasteiger partial charge is 0.326 e. The standard InChI is InChI=1S/C78H110N14O16S2/c1-3-106-58-83-48-70(94)86(40-17-14-37-80)56-77(101)92(49-64-27-30-67-68(47-64)108-59-107-67)57-76(100)91(44-33-62-23-11-6-12-24-62)53-72(96)87(41-18-15-38-81)51-73(97)88(42-31-60-19-7-4-8-20-60)54-74(98)89(43-32-61-21-9-5-10-22-61)55-75(99)90(45-34-63-25-28-65(29-26-63)110(82,104)105)52-71(95)85(39-16-13-36-79)50-69(93)84-66(78(102)103)35-46-109-2/h4-12,19-30,47,66,83H,3,13-18,31-46,48-59,79-81H2,1-2H3,(H,84,93)(H,102,103)(H2,82,104,105). The number of carboxylic acids is 1. The molecule has 0 fully saturated rings. The van der Waals surface area contributed by atoms with E-state index < -0.39 is 122 Å². The fourth-order valence-electron chi connectivity index (χ4n) is 11.9. The molecule has 0 aromatic heterocycles. The summed E-state index contributed by atoms with van der Waals surface area (Å²) in [6.07, 6.45) is 5.43. The summed E-state index contributed by atoms with van der Waals surface area (Å²) in [4.78, 5) is 156. The lowest BCUT2D eigenvalue weighted by atomic mass is 10.1. The topological polar surface area (TPSA) is 407 Å². The van der Waals surface area contributed by atoms with Crippen LogP contribution in [0.1, 0.15) is 79.7 Å². The average molecular weight is 1560 g/mol. The summed E-state index contributed by atoms with van der Waals surface area (Å²) in [6, 6.07) is 37.2. The Hall–Kier alpha value is -9.54. The van der Waals surface area contributed by atoms with Crippen molar-refractivity contribution in [2.24, 2.45) is 22.3 Å². The second-order valence-electron chi connectivity index (χ2n) is 26.6. The predicted octanol–water partition coefficient (Wildman–Crippen LogP) is 2.29. The molecule has 0 aliphatic carbocycles. The third-order valence-electron chi connectivity index (χ3n) is 18.3. The quantitative estimate of drug-likeness (QED) is 0.0217. The molecule has 1 aliphatic heterocycles. The Morgan fingerprint density at radius 1 is 0.473 bits per heavy atom. The highest BCUT2D eigenvalue weighted by Crippen LogP contribution is 2.33. The first-order valence-corrected chi connectivity index (χ1v) is 40.2. The molecule has 1 aliphatic rings. The molecule has 32 heteroatoms. The maximum atomic E-state index is 15.4. The summed E-state index contributed by atoms with van der Waals surface area (Å²) in [5.74, 6) is -5.54. The number of aliphatic carboxylic acids is 1. The van der Waals surface area contributed by atoms with Crippen LogP contribution < -0.4 is 42.4 Å². The van der Waals surface area contributed by atoms with Crippen molar-refractivity contribution in [1.82, 2.24) is 49.8 Å². The first-order valence-electron chi connectivity index (χ1n) is 37.3. The number of benzene rings is 5. The number of ether oxygens (including phenoxy) is 3. The number of hydrogen-bond donors (Lipinski definition) is 7. The van der Waals surface area contributed by atoms with Crippen LogP contribution in [0.15, 0.2) is 138 Å². The third kappa shape index (κ3) is 32.2. The van der Waals surface area contributed by atoms with Crippen molar-refractivity contribution in [3.05, 3.63) is 161 Å². The number of nitrogens with zero attached hydrogens (tertiary/aromatic N) is 8. The van der Waals surface area contributed by atoms with Crippen LogP contribution in [0.3, 0.4) is 0 Å². The van der Waals surface area contributed by atoms with Gasteiger partial charge in [0, 0.05) is 59.0 Å². The van der Waals surface area contributed by atoms with Crippen molar-refractivity contribution in [3.8, 4) is 11.5 Å². The molecule has 5 aromatic carbocycles. The van der Waals surface area contributed by atoms with Crippen molar-refractivity contribution >= 4 is 80.9 Å². The predicted molar refractivity (Wildman–Crippen MR) is 418 cm³/mol. The van der Waals surface area contributed by atoms with E-state index in [4.69, 9.17) is 36.6 Å². The normalized spacial score (nSPS) is 11.8. The number of carbonyl (C=O) groups is 10. The van der Waals surface area contributed by atoms with Gasteiger partial charge in [0.2, 0.25) is 70.0 Å². The maximum Gasteiger partial charge on any atom is 0.326 e. The number of nitrogens with two attached hydrogens (primary N) is 4. The van der Waals surface area contributed by atoms with Gasteiger partial charge in [-0.05, 0) is 161 Å². The van der Waals surface area contributed by atoms with E-state index in [-0.39, 0.29) is 128 Å². The van der Waals surface area contributed by atoms with Crippen molar-refractivity contribution in [3.63, 3.8) is 0 Å². The number of fused-ring (bicyclic) bond motifs is 1. The number of primary sulfonamides is 1. The third-order valence-corrected chi connectivity index (χ3v) is 19.9. The SMILES string of the molecule is CCOCNCC(=O)N(CCCCN)CC(=O)N(CC(=O)N(CCc1ccccc1)CC(=O)N(CCCCN)CC(=O)N(CCc1ccccc1)CC(=O)N(CCc1ccccc1)CC(=O)N(CCc1ccc(S(N)(=O)=O)cc1)CC(=O)N(CCCCN)CC(=O)NC(CCSC)C(=O)O)Cc1ccc2c(c1)OCO2. The van der Waals surface area contributed by atoms with Gasteiger partial charge in [0.25, 0.3) is 0 Å². The second kappa shape index (κ2) is 48.9. The minimum atomic E-state index is -4.08. The van der Waals surface area contributed by atoms with Gasteiger partial charge in [0.1, 0.15) is 12.6 Å². The molecule has 0 saturated heterocycles. The zero-order chi connectivity index (χ0) is 79.6. The van der Waals surface area contributed by atoms with E-state index in [2.05, 4.69) is 10.6 Å². The molecule has 600 valence electrons. The summed E-state index contributed by atoms with van der Waals surface area (Å²) in [7, 11) is -4.08. The van der Waals surface area contributed by atoms with E-state index in [1.165, 1.54) is 75.2 Å². The van der Waals surface area contributed by atoms with E-state index in [1.54, 1.807) is 24.5 Å². The average Bonchev–Trinajstić information content (AvgIpc) is 1.47. The number of carbonyl (C=O) groups excluding carboxylic acids is 9. The summed E-state index contributed by atoms with van der Waals surface area (Å²) in [6.45, 7) is -1.57. The summed E-state index contributed by atoms with van der Waals surface area (Å²) in [5.41, 5.74) is 21.3. The second-order valence-corrected chi connectivity index (χ2v) is 29.1.